The van der Waals surface area contributed by atoms with E-state index in [9.17, 15) is 9.59 Å². The molecule has 1 aromatic carbocycles. The van der Waals surface area contributed by atoms with Gasteiger partial charge >= 0.3 is 5.97 Å². The molecule has 0 radical (unpaired) electrons. The number of methoxy groups -OCH3 is 2. The molecular formula is C11H14N2O4. The SMILES string of the molecule is COC(=O)CNC(=O)c1c(N)cccc1OC. The average Bonchev–Trinajstić information content (AvgIpc) is 2.34. The molecular weight excluding hydrogens is 224 g/mol. The Morgan fingerprint density at radius 1 is 1.35 bits per heavy atom. The standard InChI is InChI=1S/C11H14N2O4/c1-16-8-5-3-4-7(12)10(8)11(15)13-6-9(14)17-2/h3-5H,6,12H2,1-2H3,(H,13,15). The third-order valence-corrected chi connectivity index (χ3v) is 2.13. The molecule has 0 aliphatic carbocycles. The number of esters is 1. The van der Waals surface area contributed by atoms with Gasteiger partial charge < -0.3 is 20.5 Å². The molecule has 0 bridgehead atoms. The van der Waals surface area contributed by atoms with Gasteiger partial charge in [-0.1, -0.05) is 6.07 Å². The quantitative estimate of drug-likeness (QED) is 0.576. The zero-order valence-electron chi connectivity index (χ0n) is 9.65. The number of ether oxygens (including phenoxy) is 2. The highest BCUT2D eigenvalue weighted by Gasteiger charge is 2.16. The van der Waals surface area contributed by atoms with Gasteiger partial charge in [-0.3, -0.25) is 9.59 Å². The Morgan fingerprint density at radius 2 is 2.06 bits per heavy atom. The van der Waals surface area contributed by atoms with Gasteiger partial charge in [0.25, 0.3) is 5.91 Å². The first kappa shape index (κ1) is 12.8. The Hall–Kier alpha value is -2.24. The summed E-state index contributed by atoms with van der Waals surface area (Å²) in [7, 11) is 2.68. The molecule has 0 fully saturated rings. The van der Waals surface area contributed by atoms with Crippen molar-refractivity contribution in [2.75, 3.05) is 26.5 Å². The van der Waals surface area contributed by atoms with E-state index >= 15 is 0 Å². The number of carbonyl (C=O) groups is 2. The molecule has 92 valence electrons. The van der Waals surface area contributed by atoms with Crippen LogP contribution in [0, 0.1) is 0 Å². The molecule has 0 unspecified atom stereocenters. The monoisotopic (exact) mass is 238 g/mol. The lowest BCUT2D eigenvalue weighted by atomic mass is 10.1. The van der Waals surface area contributed by atoms with Crippen LogP contribution in [0.3, 0.4) is 0 Å². The van der Waals surface area contributed by atoms with Gasteiger partial charge in [0.05, 0.1) is 14.2 Å². The van der Waals surface area contributed by atoms with E-state index in [-0.39, 0.29) is 17.8 Å². The number of hydrogen-bond donors (Lipinski definition) is 2. The van der Waals surface area contributed by atoms with E-state index in [0.717, 1.165) is 0 Å². The Kier molecular flexibility index (Phi) is 4.33. The molecule has 0 heterocycles. The molecule has 6 nitrogen and oxygen atoms in total. The number of nitrogens with two attached hydrogens (primary N) is 1. The Labute approximate surface area is 98.7 Å². The first-order valence-electron chi connectivity index (χ1n) is 4.87. The topological polar surface area (TPSA) is 90.7 Å². The van der Waals surface area contributed by atoms with Crippen molar-refractivity contribution in [2.45, 2.75) is 0 Å². The van der Waals surface area contributed by atoms with Crippen molar-refractivity contribution >= 4 is 17.6 Å². The zero-order chi connectivity index (χ0) is 12.8. The van der Waals surface area contributed by atoms with Gasteiger partial charge in [0.1, 0.15) is 17.9 Å². The van der Waals surface area contributed by atoms with Crippen LogP contribution in [0.2, 0.25) is 0 Å². The number of anilines is 1. The Morgan fingerprint density at radius 3 is 2.65 bits per heavy atom. The molecule has 17 heavy (non-hydrogen) atoms. The first-order valence-corrected chi connectivity index (χ1v) is 4.87. The fourth-order valence-corrected chi connectivity index (χ4v) is 1.27. The summed E-state index contributed by atoms with van der Waals surface area (Å²) in [5.74, 6) is -0.662. The van der Waals surface area contributed by atoms with E-state index < -0.39 is 11.9 Å². The third-order valence-electron chi connectivity index (χ3n) is 2.13. The number of amides is 1. The average molecular weight is 238 g/mol. The highest BCUT2D eigenvalue weighted by atomic mass is 16.5. The van der Waals surface area contributed by atoms with E-state index in [2.05, 4.69) is 10.1 Å². The van der Waals surface area contributed by atoms with E-state index in [0.29, 0.717) is 5.75 Å². The fourth-order valence-electron chi connectivity index (χ4n) is 1.27. The second-order valence-corrected chi connectivity index (χ2v) is 3.18. The van der Waals surface area contributed by atoms with Crippen LogP contribution in [0.25, 0.3) is 0 Å². The van der Waals surface area contributed by atoms with Crippen LogP contribution in [-0.2, 0) is 9.53 Å². The Balaban J connectivity index is 2.85. The van der Waals surface area contributed by atoms with Crippen molar-refractivity contribution in [1.29, 1.82) is 0 Å². The van der Waals surface area contributed by atoms with Gasteiger partial charge in [-0.25, -0.2) is 0 Å². The third kappa shape index (κ3) is 3.10. The molecule has 0 saturated carbocycles. The maximum atomic E-state index is 11.8. The van der Waals surface area contributed by atoms with Crippen LogP contribution in [0.1, 0.15) is 10.4 Å². The Bertz CT molecular complexity index is 431. The van der Waals surface area contributed by atoms with E-state index in [1.54, 1.807) is 18.2 Å². The molecule has 1 rings (SSSR count). The molecule has 0 aliphatic rings. The molecule has 3 N–H and O–H groups in total. The minimum Gasteiger partial charge on any atom is -0.496 e. The number of rotatable bonds is 4. The van der Waals surface area contributed by atoms with Gasteiger partial charge in [-0.2, -0.15) is 0 Å². The van der Waals surface area contributed by atoms with Crippen LogP contribution in [0.4, 0.5) is 5.69 Å². The van der Waals surface area contributed by atoms with Crippen molar-refractivity contribution in [3.05, 3.63) is 23.8 Å². The smallest absolute Gasteiger partial charge is 0.325 e. The molecule has 1 amide bonds. The summed E-state index contributed by atoms with van der Waals surface area (Å²) in [6.45, 7) is -0.215. The molecule has 0 spiro atoms. The molecule has 1 aromatic rings. The largest absolute Gasteiger partial charge is 0.496 e. The normalized spacial score (nSPS) is 9.53. The summed E-state index contributed by atoms with van der Waals surface area (Å²) in [5.41, 5.74) is 6.17. The van der Waals surface area contributed by atoms with Crippen molar-refractivity contribution in [1.82, 2.24) is 5.32 Å². The summed E-state index contributed by atoms with van der Waals surface area (Å²) in [5, 5.41) is 2.39. The molecule has 0 aliphatic heterocycles. The lowest BCUT2D eigenvalue weighted by molar-refractivity contribution is -0.139. The summed E-state index contributed by atoms with van der Waals surface area (Å²) in [6, 6.07) is 4.87. The molecule has 0 aromatic heterocycles. The van der Waals surface area contributed by atoms with Crippen molar-refractivity contribution in [2.24, 2.45) is 0 Å². The summed E-state index contributed by atoms with van der Waals surface area (Å²) in [6.07, 6.45) is 0. The van der Waals surface area contributed by atoms with Crippen LogP contribution >= 0.6 is 0 Å². The van der Waals surface area contributed by atoms with Gasteiger partial charge in [-0.15, -0.1) is 0 Å². The van der Waals surface area contributed by atoms with E-state index in [1.165, 1.54) is 14.2 Å². The molecule has 6 heteroatoms. The zero-order valence-corrected chi connectivity index (χ0v) is 9.65. The molecule has 0 saturated heterocycles. The minimum absolute atomic E-state index is 0.207. The van der Waals surface area contributed by atoms with Gasteiger partial charge in [0.15, 0.2) is 0 Å². The highest BCUT2D eigenvalue weighted by molar-refractivity contribution is 6.02. The van der Waals surface area contributed by atoms with Gasteiger partial charge in [0.2, 0.25) is 0 Å². The summed E-state index contributed by atoms with van der Waals surface area (Å²) < 4.78 is 9.43. The van der Waals surface area contributed by atoms with Crippen molar-refractivity contribution in [3.8, 4) is 5.75 Å². The van der Waals surface area contributed by atoms with Gasteiger partial charge in [0, 0.05) is 5.69 Å². The lowest BCUT2D eigenvalue weighted by Gasteiger charge is -2.10. The predicted molar refractivity (Wildman–Crippen MR) is 61.8 cm³/mol. The second-order valence-electron chi connectivity index (χ2n) is 3.18. The van der Waals surface area contributed by atoms with Crippen LogP contribution < -0.4 is 15.8 Å². The summed E-state index contributed by atoms with van der Waals surface area (Å²) in [4.78, 5) is 22.7. The summed E-state index contributed by atoms with van der Waals surface area (Å²) >= 11 is 0. The van der Waals surface area contributed by atoms with E-state index in [4.69, 9.17) is 10.5 Å². The number of nitrogens with one attached hydrogen (secondary N) is 1. The van der Waals surface area contributed by atoms with Gasteiger partial charge in [-0.05, 0) is 12.1 Å². The number of carbonyl (C=O) groups excluding carboxylic acids is 2. The second kappa shape index (κ2) is 5.74. The highest BCUT2D eigenvalue weighted by Crippen LogP contribution is 2.23. The van der Waals surface area contributed by atoms with Crippen molar-refractivity contribution in [3.63, 3.8) is 0 Å². The predicted octanol–water partition coefficient (Wildman–Crippen LogP) is 0.180. The van der Waals surface area contributed by atoms with Crippen LogP contribution in [0.15, 0.2) is 18.2 Å². The lowest BCUT2D eigenvalue weighted by Crippen LogP contribution is -2.30. The van der Waals surface area contributed by atoms with Crippen molar-refractivity contribution < 1.29 is 19.1 Å². The molecule has 0 atom stereocenters. The van der Waals surface area contributed by atoms with Crippen LogP contribution in [-0.4, -0.2) is 32.6 Å². The fraction of sp³-hybridized carbons (Fsp3) is 0.273. The number of nitrogen functional groups attached to an aromatic ring is 1. The maximum absolute atomic E-state index is 11.8. The number of hydrogen-bond acceptors (Lipinski definition) is 5. The number of benzene rings is 1. The first-order chi connectivity index (χ1) is 8.10. The minimum atomic E-state index is -0.535. The van der Waals surface area contributed by atoms with E-state index in [1.807, 2.05) is 0 Å². The van der Waals surface area contributed by atoms with Crippen LogP contribution in [0.5, 0.6) is 5.75 Å². The maximum Gasteiger partial charge on any atom is 0.325 e.